The van der Waals surface area contributed by atoms with Crippen molar-refractivity contribution in [1.29, 1.82) is 0 Å². The molecule has 1 rings (SSSR count). The third kappa shape index (κ3) is 5.91. The van der Waals surface area contributed by atoms with Crippen LogP contribution in [0.25, 0.3) is 0 Å². The molecule has 4 heteroatoms. The van der Waals surface area contributed by atoms with Gasteiger partial charge in [-0.3, -0.25) is 4.79 Å². The van der Waals surface area contributed by atoms with Crippen molar-refractivity contribution in [2.45, 2.75) is 59.2 Å². The molecular weight excluding hydrogens is 242 g/mol. The molecule has 0 aromatic rings. The van der Waals surface area contributed by atoms with Crippen LogP contribution in [0.5, 0.6) is 0 Å². The van der Waals surface area contributed by atoms with Gasteiger partial charge in [-0.15, -0.1) is 0 Å². The van der Waals surface area contributed by atoms with Crippen molar-refractivity contribution in [1.82, 2.24) is 4.90 Å². The summed E-state index contributed by atoms with van der Waals surface area (Å²) in [6.45, 7) is 11.1. The summed E-state index contributed by atoms with van der Waals surface area (Å²) in [5.41, 5.74) is 0. The van der Waals surface area contributed by atoms with Crippen LogP contribution in [-0.4, -0.2) is 49.3 Å². The highest BCUT2D eigenvalue weighted by Crippen LogP contribution is 2.15. The molecule has 0 bridgehead atoms. The van der Waals surface area contributed by atoms with Gasteiger partial charge in [-0.25, -0.2) is 0 Å². The molecule has 0 spiro atoms. The van der Waals surface area contributed by atoms with E-state index in [1.165, 1.54) is 0 Å². The Bertz CT molecular complexity index is 266. The van der Waals surface area contributed by atoms with E-state index in [-0.39, 0.29) is 18.1 Å². The van der Waals surface area contributed by atoms with Crippen LogP contribution >= 0.6 is 0 Å². The van der Waals surface area contributed by atoms with E-state index >= 15 is 0 Å². The normalized spacial score (nSPS) is 21.7. The number of carbonyl (C=O) groups is 1. The maximum atomic E-state index is 12.3. The van der Waals surface area contributed by atoms with Gasteiger partial charge >= 0.3 is 0 Å². The van der Waals surface area contributed by atoms with Gasteiger partial charge in [-0.2, -0.15) is 0 Å². The monoisotopic (exact) mass is 271 g/mol. The van der Waals surface area contributed by atoms with Gasteiger partial charge in [-0.05, 0) is 39.0 Å². The summed E-state index contributed by atoms with van der Waals surface area (Å²) in [7, 11) is 0. The second-order valence-corrected chi connectivity index (χ2v) is 5.70. The predicted octanol–water partition coefficient (Wildman–Crippen LogP) is 2.47. The first-order valence-corrected chi connectivity index (χ1v) is 7.56. The molecule has 0 saturated carbocycles. The van der Waals surface area contributed by atoms with Gasteiger partial charge in [0.05, 0.1) is 6.10 Å². The number of nitrogens with zero attached hydrogens (tertiary/aromatic N) is 1. The first kappa shape index (κ1) is 16.4. The molecule has 4 nitrogen and oxygen atoms in total. The molecule has 2 unspecified atom stereocenters. The molecule has 0 N–H and O–H groups in total. The zero-order valence-corrected chi connectivity index (χ0v) is 12.9. The molecule has 19 heavy (non-hydrogen) atoms. The Morgan fingerprint density at radius 3 is 2.74 bits per heavy atom. The lowest BCUT2D eigenvalue weighted by molar-refractivity contribution is -0.146. The van der Waals surface area contributed by atoms with Crippen molar-refractivity contribution in [3.05, 3.63) is 0 Å². The molecule has 0 aliphatic carbocycles. The van der Waals surface area contributed by atoms with Crippen molar-refractivity contribution in [2.75, 3.05) is 26.3 Å². The fourth-order valence-electron chi connectivity index (χ4n) is 2.32. The number of hydrogen-bond acceptors (Lipinski definition) is 3. The minimum atomic E-state index is -0.334. The number of hydrogen-bond donors (Lipinski definition) is 0. The van der Waals surface area contributed by atoms with Crippen LogP contribution in [-0.2, 0) is 14.3 Å². The lowest BCUT2D eigenvalue weighted by atomic mass is 10.1. The van der Waals surface area contributed by atoms with Gasteiger partial charge in [0.15, 0.2) is 0 Å². The van der Waals surface area contributed by atoms with E-state index < -0.39 is 0 Å². The first-order chi connectivity index (χ1) is 9.04. The summed E-state index contributed by atoms with van der Waals surface area (Å²) < 4.78 is 11.3. The van der Waals surface area contributed by atoms with E-state index in [9.17, 15) is 4.79 Å². The standard InChI is InChI=1S/C15H29NO3/c1-5-18-14-7-6-9-16(11-14)15(17)13(4)19-10-8-12(2)3/h12-14H,5-11H2,1-4H3. The Morgan fingerprint density at radius 2 is 2.11 bits per heavy atom. The molecule has 1 heterocycles. The summed E-state index contributed by atoms with van der Waals surface area (Å²) in [4.78, 5) is 14.2. The lowest BCUT2D eigenvalue weighted by Crippen LogP contribution is -2.47. The van der Waals surface area contributed by atoms with Crippen LogP contribution in [0.3, 0.4) is 0 Å². The maximum Gasteiger partial charge on any atom is 0.251 e. The minimum absolute atomic E-state index is 0.105. The van der Waals surface area contributed by atoms with Gasteiger partial charge in [0, 0.05) is 26.3 Å². The molecule has 0 aromatic carbocycles. The Hall–Kier alpha value is -0.610. The minimum Gasteiger partial charge on any atom is -0.377 e. The van der Waals surface area contributed by atoms with E-state index in [1.54, 1.807) is 0 Å². The van der Waals surface area contributed by atoms with Crippen LogP contribution in [0.15, 0.2) is 0 Å². The average Bonchev–Trinajstić information content (AvgIpc) is 2.38. The third-order valence-electron chi connectivity index (χ3n) is 3.50. The Balaban J connectivity index is 2.34. The van der Waals surface area contributed by atoms with Crippen LogP contribution in [0, 0.1) is 5.92 Å². The summed E-state index contributed by atoms with van der Waals surface area (Å²) in [5, 5.41) is 0. The van der Waals surface area contributed by atoms with Crippen LogP contribution in [0.1, 0.15) is 47.0 Å². The Morgan fingerprint density at radius 1 is 1.37 bits per heavy atom. The molecule has 1 aliphatic rings. The highest BCUT2D eigenvalue weighted by atomic mass is 16.5. The van der Waals surface area contributed by atoms with Crippen LogP contribution in [0.4, 0.5) is 0 Å². The van der Waals surface area contributed by atoms with Crippen molar-refractivity contribution >= 4 is 5.91 Å². The van der Waals surface area contributed by atoms with Gasteiger partial charge in [-0.1, -0.05) is 13.8 Å². The topological polar surface area (TPSA) is 38.8 Å². The van der Waals surface area contributed by atoms with E-state index in [1.807, 2.05) is 18.7 Å². The molecular formula is C15H29NO3. The molecule has 1 amide bonds. The molecule has 1 fully saturated rings. The number of carbonyl (C=O) groups excluding carboxylic acids is 1. The van der Waals surface area contributed by atoms with Gasteiger partial charge in [0.2, 0.25) is 0 Å². The highest BCUT2D eigenvalue weighted by molar-refractivity contribution is 5.80. The SMILES string of the molecule is CCOC1CCCN(C(=O)C(C)OCCC(C)C)C1. The van der Waals surface area contributed by atoms with E-state index in [2.05, 4.69) is 13.8 Å². The second-order valence-electron chi connectivity index (χ2n) is 5.70. The van der Waals surface area contributed by atoms with Crippen molar-refractivity contribution in [3.8, 4) is 0 Å². The lowest BCUT2D eigenvalue weighted by Gasteiger charge is -2.34. The summed E-state index contributed by atoms with van der Waals surface area (Å²) >= 11 is 0. The number of rotatable bonds is 7. The summed E-state index contributed by atoms with van der Waals surface area (Å²) in [6, 6.07) is 0. The average molecular weight is 271 g/mol. The molecule has 0 radical (unpaired) electrons. The van der Waals surface area contributed by atoms with E-state index in [4.69, 9.17) is 9.47 Å². The van der Waals surface area contributed by atoms with Crippen LogP contribution in [0.2, 0.25) is 0 Å². The number of piperidine rings is 1. The second kappa shape index (κ2) is 8.54. The molecule has 1 aliphatic heterocycles. The molecule has 112 valence electrons. The maximum absolute atomic E-state index is 12.3. The van der Waals surface area contributed by atoms with Crippen molar-refractivity contribution in [2.24, 2.45) is 5.92 Å². The van der Waals surface area contributed by atoms with Crippen LogP contribution < -0.4 is 0 Å². The number of ether oxygens (including phenoxy) is 2. The smallest absolute Gasteiger partial charge is 0.251 e. The van der Waals surface area contributed by atoms with Gasteiger partial charge in [0.25, 0.3) is 5.91 Å². The highest BCUT2D eigenvalue weighted by Gasteiger charge is 2.27. The Kier molecular flexibility index (Phi) is 7.39. The van der Waals surface area contributed by atoms with E-state index in [0.717, 1.165) is 25.8 Å². The van der Waals surface area contributed by atoms with E-state index in [0.29, 0.717) is 25.7 Å². The number of amides is 1. The quantitative estimate of drug-likeness (QED) is 0.714. The fraction of sp³-hybridized carbons (Fsp3) is 0.933. The van der Waals surface area contributed by atoms with Crippen molar-refractivity contribution in [3.63, 3.8) is 0 Å². The predicted molar refractivity (Wildman–Crippen MR) is 76.1 cm³/mol. The van der Waals surface area contributed by atoms with Gasteiger partial charge in [0.1, 0.15) is 6.10 Å². The Labute approximate surface area is 117 Å². The van der Waals surface area contributed by atoms with Crippen molar-refractivity contribution < 1.29 is 14.3 Å². The zero-order chi connectivity index (χ0) is 14.3. The summed E-state index contributed by atoms with van der Waals surface area (Å²) in [5.74, 6) is 0.716. The molecule has 0 aromatic heterocycles. The van der Waals surface area contributed by atoms with Gasteiger partial charge < -0.3 is 14.4 Å². The fourth-order valence-corrected chi connectivity index (χ4v) is 2.32. The summed E-state index contributed by atoms with van der Waals surface area (Å²) in [6.07, 6.45) is 2.94. The third-order valence-corrected chi connectivity index (χ3v) is 3.50. The number of likely N-dealkylation sites (tertiary alicyclic amines) is 1. The molecule has 2 atom stereocenters. The largest absolute Gasteiger partial charge is 0.377 e. The molecule has 1 saturated heterocycles. The first-order valence-electron chi connectivity index (χ1n) is 7.56. The zero-order valence-electron chi connectivity index (χ0n) is 12.9.